The monoisotopic (exact) mass is 331 g/mol. The molecule has 1 aliphatic heterocycles. The number of ether oxygens (including phenoxy) is 1. The summed E-state index contributed by atoms with van der Waals surface area (Å²) in [5.41, 5.74) is 0.429. The molecule has 0 unspecified atom stereocenters. The van der Waals surface area contributed by atoms with Crippen LogP contribution in [0, 0.1) is 5.92 Å². The van der Waals surface area contributed by atoms with Crippen molar-refractivity contribution >= 4 is 11.8 Å². The molecular weight excluding hydrogens is 306 g/mol. The Labute approximate surface area is 142 Å². The number of nitrogens with zero attached hydrogens (tertiary/aromatic N) is 2. The molecule has 6 nitrogen and oxygen atoms in total. The lowest BCUT2D eigenvalue weighted by Crippen LogP contribution is -2.57. The second-order valence-corrected chi connectivity index (χ2v) is 6.94. The Hall–Kier alpha value is -1.95. The second kappa shape index (κ2) is 7.30. The summed E-state index contributed by atoms with van der Waals surface area (Å²) in [6.45, 7) is 1.41. The van der Waals surface area contributed by atoms with Crippen molar-refractivity contribution in [2.75, 3.05) is 26.8 Å². The van der Waals surface area contributed by atoms with E-state index in [2.05, 4.69) is 10.3 Å². The zero-order valence-electron chi connectivity index (χ0n) is 14.2. The third-order valence-corrected chi connectivity index (χ3v) is 4.97. The minimum absolute atomic E-state index is 0.0198. The highest BCUT2D eigenvalue weighted by atomic mass is 16.5. The molecule has 0 bridgehead atoms. The lowest BCUT2D eigenvalue weighted by Gasteiger charge is -2.42. The molecule has 1 aromatic rings. The molecule has 2 amide bonds. The highest BCUT2D eigenvalue weighted by Crippen LogP contribution is 2.40. The lowest BCUT2D eigenvalue weighted by atomic mass is 9.82. The van der Waals surface area contributed by atoms with Crippen LogP contribution in [0.3, 0.4) is 0 Å². The van der Waals surface area contributed by atoms with Crippen molar-refractivity contribution in [1.29, 1.82) is 0 Å². The molecule has 2 heterocycles. The van der Waals surface area contributed by atoms with Gasteiger partial charge >= 0.3 is 0 Å². The summed E-state index contributed by atoms with van der Waals surface area (Å²) in [5.74, 6) is 0.671. The molecule has 0 atom stereocenters. The Balaban J connectivity index is 1.63. The maximum absolute atomic E-state index is 12.5. The maximum atomic E-state index is 12.5. The van der Waals surface area contributed by atoms with Gasteiger partial charge in [0.15, 0.2) is 0 Å². The molecule has 2 fully saturated rings. The number of likely N-dealkylation sites (tertiary alicyclic amines) is 1. The second-order valence-electron chi connectivity index (χ2n) is 6.94. The SMILES string of the molecule is COCC(=O)NC1(CC2CC2)CCN(C(=O)c2cccnc2)CC1. The van der Waals surface area contributed by atoms with E-state index in [0.717, 1.165) is 19.3 Å². The van der Waals surface area contributed by atoms with Crippen molar-refractivity contribution in [2.45, 2.75) is 37.6 Å². The standard InChI is InChI=1S/C18H25N3O3/c1-24-13-16(22)20-18(11-14-4-5-14)6-9-21(10-7-18)17(23)15-3-2-8-19-12-15/h2-3,8,12,14H,4-7,9-11,13H2,1H3,(H,20,22). The van der Waals surface area contributed by atoms with Gasteiger partial charge in [0.05, 0.1) is 5.56 Å². The van der Waals surface area contributed by atoms with E-state index in [-0.39, 0.29) is 24.0 Å². The van der Waals surface area contributed by atoms with E-state index in [0.29, 0.717) is 24.6 Å². The summed E-state index contributed by atoms with van der Waals surface area (Å²) in [6.07, 6.45) is 8.38. The highest BCUT2D eigenvalue weighted by molar-refractivity contribution is 5.94. The Kier molecular flexibility index (Phi) is 5.14. The van der Waals surface area contributed by atoms with Crippen LogP contribution in [-0.4, -0.2) is 54.0 Å². The van der Waals surface area contributed by atoms with E-state index in [4.69, 9.17) is 4.74 Å². The first-order valence-corrected chi connectivity index (χ1v) is 8.61. The van der Waals surface area contributed by atoms with Crippen LogP contribution in [0.5, 0.6) is 0 Å². The maximum Gasteiger partial charge on any atom is 0.255 e. The van der Waals surface area contributed by atoms with Gasteiger partial charge in [-0.05, 0) is 37.3 Å². The van der Waals surface area contributed by atoms with Gasteiger partial charge < -0.3 is 15.0 Å². The topological polar surface area (TPSA) is 71.5 Å². The van der Waals surface area contributed by atoms with Gasteiger partial charge in [-0.3, -0.25) is 14.6 Å². The molecule has 1 saturated carbocycles. The molecule has 6 heteroatoms. The van der Waals surface area contributed by atoms with Crippen LogP contribution in [0.25, 0.3) is 0 Å². The number of amides is 2. The predicted octanol–water partition coefficient (Wildman–Crippen LogP) is 1.62. The Bertz CT molecular complexity index is 578. The van der Waals surface area contributed by atoms with Crippen molar-refractivity contribution < 1.29 is 14.3 Å². The summed E-state index contributed by atoms with van der Waals surface area (Å²) in [6, 6.07) is 3.57. The molecule has 130 valence electrons. The minimum Gasteiger partial charge on any atom is -0.375 e. The molecular formula is C18H25N3O3. The van der Waals surface area contributed by atoms with E-state index >= 15 is 0 Å². The van der Waals surface area contributed by atoms with Crippen LogP contribution >= 0.6 is 0 Å². The molecule has 3 rings (SSSR count). The molecule has 0 spiro atoms. The Morgan fingerprint density at radius 2 is 2.12 bits per heavy atom. The largest absolute Gasteiger partial charge is 0.375 e. The summed E-state index contributed by atoms with van der Waals surface area (Å²) in [7, 11) is 1.53. The van der Waals surface area contributed by atoms with E-state index in [1.807, 2.05) is 4.90 Å². The van der Waals surface area contributed by atoms with E-state index < -0.39 is 0 Å². The number of hydrogen-bond acceptors (Lipinski definition) is 4. The summed E-state index contributed by atoms with van der Waals surface area (Å²) in [4.78, 5) is 30.5. The fourth-order valence-corrected chi connectivity index (χ4v) is 3.53. The van der Waals surface area contributed by atoms with Gasteiger partial charge in [0, 0.05) is 38.1 Å². The third-order valence-electron chi connectivity index (χ3n) is 4.97. The number of rotatable bonds is 6. The van der Waals surface area contributed by atoms with Gasteiger partial charge in [-0.15, -0.1) is 0 Å². The fourth-order valence-electron chi connectivity index (χ4n) is 3.53. The molecule has 24 heavy (non-hydrogen) atoms. The van der Waals surface area contributed by atoms with E-state index in [9.17, 15) is 9.59 Å². The molecule has 0 aromatic carbocycles. The Morgan fingerprint density at radius 3 is 2.71 bits per heavy atom. The first kappa shape index (κ1) is 16.9. The average Bonchev–Trinajstić information content (AvgIpc) is 3.39. The normalized spacial score (nSPS) is 19.8. The Morgan fingerprint density at radius 1 is 1.38 bits per heavy atom. The molecule has 1 aliphatic carbocycles. The van der Waals surface area contributed by atoms with Gasteiger partial charge in [0.2, 0.25) is 5.91 Å². The van der Waals surface area contributed by atoms with E-state index in [1.54, 1.807) is 24.5 Å². The quantitative estimate of drug-likeness (QED) is 0.860. The first-order valence-electron chi connectivity index (χ1n) is 8.61. The predicted molar refractivity (Wildman–Crippen MR) is 89.5 cm³/mol. The van der Waals surface area contributed by atoms with Crippen molar-refractivity contribution in [3.63, 3.8) is 0 Å². The van der Waals surface area contributed by atoms with Gasteiger partial charge in [0.1, 0.15) is 6.61 Å². The highest BCUT2D eigenvalue weighted by Gasteiger charge is 2.41. The molecule has 0 radical (unpaired) electrons. The summed E-state index contributed by atoms with van der Waals surface area (Å²) in [5, 5.41) is 3.19. The molecule has 1 N–H and O–H groups in total. The number of carbonyl (C=O) groups excluding carboxylic acids is 2. The molecule has 1 saturated heterocycles. The van der Waals surface area contributed by atoms with Gasteiger partial charge in [-0.25, -0.2) is 0 Å². The zero-order valence-corrected chi connectivity index (χ0v) is 14.2. The third kappa shape index (κ3) is 4.12. The van der Waals surface area contributed by atoms with E-state index in [1.165, 1.54) is 20.0 Å². The van der Waals surface area contributed by atoms with Crippen molar-refractivity contribution in [1.82, 2.24) is 15.2 Å². The average molecular weight is 331 g/mol. The number of carbonyl (C=O) groups is 2. The smallest absolute Gasteiger partial charge is 0.255 e. The number of methoxy groups -OCH3 is 1. The van der Waals surface area contributed by atoms with Crippen LogP contribution in [-0.2, 0) is 9.53 Å². The number of nitrogens with one attached hydrogen (secondary N) is 1. The van der Waals surface area contributed by atoms with Gasteiger partial charge in [-0.2, -0.15) is 0 Å². The lowest BCUT2D eigenvalue weighted by molar-refractivity contribution is -0.127. The van der Waals surface area contributed by atoms with Crippen molar-refractivity contribution in [2.24, 2.45) is 5.92 Å². The van der Waals surface area contributed by atoms with Crippen LogP contribution in [0.2, 0.25) is 0 Å². The van der Waals surface area contributed by atoms with Gasteiger partial charge in [-0.1, -0.05) is 12.8 Å². The fraction of sp³-hybridized carbons (Fsp3) is 0.611. The molecule has 2 aliphatic rings. The molecule has 1 aromatic heterocycles. The number of hydrogen-bond donors (Lipinski definition) is 1. The number of piperidine rings is 1. The van der Waals surface area contributed by atoms with Crippen LogP contribution in [0.1, 0.15) is 42.5 Å². The number of aromatic nitrogens is 1. The summed E-state index contributed by atoms with van der Waals surface area (Å²) >= 11 is 0. The van der Waals surface area contributed by atoms with Crippen LogP contribution in [0.4, 0.5) is 0 Å². The van der Waals surface area contributed by atoms with Crippen LogP contribution < -0.4 is 5.32 Å². The minimum atomic E-state index is -0.192. The van der Waals surface area contributed by atoms with Crippen molar-refractivity contribution in [3.05, 3.63) is 30.1 Å². The number of pyridine rings is 1. The first-order chi connectivity index (χ1) is 11.6. The van der Waals surface area contributed by atoms with Crippen molar-refractivity contribution in [3.8, 4) is 0 Å². The van der Waals surface area contributed by atoms with Gasteiger partial charge in [0.25, 0.3) is 5.91 Å². The summed E-state index contributed by atoms with van der Waals surface area (Å²) < 4.78 is 4.94. The zero-order chi connectivity index (χ0) is 17.0. The van der Waals surface area contributed by atoms with Crippen LogP contribution in [0.15, 0.2) is 24.5 Å².